The maximum absolute atomic E-state index is 11.8. The largest absolute Gasteiger partial charge is 0.481 e. The molecule has 0 aliphatic carbocycles. The van der Waals surface area contributed by atoms with E-state index in [0.717, 1.165) is 0 Å². The van der Waals surface area contributed by atoms with Crippen molar-refractivity contribution in [1.82, 2.24) is 15.2 Å². The van der Waals surface area contributed by atoms with Crippen LogP contribution < -0.4 is 10.1 Å². The monoisotopic (exact) mass is 264 g/mol. The lowest BCUT2D eigenvalue weighted by molar-refractivity contribution is 0.102. The summed E-state index contributed by atoms with van der Waals surface area (Å²) in [5, 5.41) is 10.1. The van der Waals surface area contributed by atoms with E-state index < -0.39 is 0 Å². The van der Waals surface area contributed by atoms with Crippen LogP contribution in [0.25, 0.3) is 0 Å². The molecule has 0 atom stereocenters. The minimum Gasteiger partial charge on any atom is -0.481 e. The van der Waals surface area contributed by atoms with Gasteiger partial charge in [0.1, 0.15) is 0 Å². The molecule has 1 amide bonds. The number of nitrogens with one attached hydrogen (secondary N) is 1. The van der Waals surface area contributed by atoms with Gasteiger partial charge in [0.05, 0.1) is 19.0 Å². The normalized spacial score (nSPS) is 9.89. The number of carbonyl (C=O) groups excluding carboxylic acids is 1. The Morgan fingerprint density at radius 2 is 2.11 bits per heavy atom. The van der Waals surface area contributed by atoms with Crippen LogP contribution in [0.3, 0.4) is 0 Å². The molecule has 92 valence electrons. The Morgan fingerprint density at radius 1 is 1.28 bits per heavy atom. The van der Waals surface area contributed by atoms with Crippen LogP contribution in [-0.2, 0) is 0 Å². The van der Waals surface area contributed by atoms with Gasteiger partial charge in [0.2, 0.25) is 5.88 Å². The SMILES string of the molecule is COc1ccc(NC(=O)c2ccc(Cl)nn2)cn1. The summed E-state index contributed by atoms with van der Waals surface area (Å²) in [5.41, 5.74) is 0.716. The molecule has 0 saturated carbocycles. The van der Waals surface area contributed by atoms with E-state index in [4.69, 9.17) is 16.3 Å². The van der Waals surface area contributed by atoms with Crippen molar-refractivity contribution in [2.24, 2.45) is 0 Å². The van der Waals surface area contributed by atoms with Crippen LogP contribution in [-0.4, -0.2) is 28.2 Å². The molecule has 2 rings (SSSR count). The lowest BCUT2D eigenvalue weighted by Gasteiger charge is -2.04. The maximum atomic E-state index is 11.8. The summed E-state index contributed by atoms with van der Waals surface area (Å²) in [6.45, 7) is 0. The number of carbonyl (C=O) groups is 1. The van der Waals surface area contributed by atoms with Crippen molar-refractivity contribution in [1.29, 1.82) is 0 Å². The highest BCUT2D eigenvalue weighted by molar-refractivity contribution is 6.29. The highest BCUT2D eigenvalue weighted by atomic mass is 35.5. The second-order valence-corrected chi connectivity index (χ2v) is 3.67. The van der Waals surface area contributed by atoms with Crippen molar-refractivity contribution >= 4 is 23.2 Å². The Morgan fingerprint density at radius 3 is 2.67 bits per heavy atom. The maximum Gasteiger partial charge on any atom is 0.276 e. The van der Waals surface area contributed by atoms with E-state index in [1.54, 1.807) is 12.1 Å². The molecule has 0 radical (unpaired) electrons. The third-order valence-electron chi connectivity index (χ3n) is 2.07. The van der Waals surface area contributed by atoms with Gasteiger partial charge in [-0.1, -0.05) is 11.6 Å². The Balaban J connectivity index is 2.08. The van der Waals surface area contributed by atoms with Gasteiger partial charge >= 0.3 is 0 Å². The number of ether oxygens (including phenoxy) is 1. The molecular weight excluding hydrogens is 256 g/mol. The Kier molecular flexibility index (Phi) is 3.69. The van der Waals surface area contributed by atoms with Crippen molar-refractivity contribution in [2.75, 3.05) is 12.4 Å². The zero-order valence-corrected chi connectivity index (χ0v) is 10.2. The molecular formula is C11H9ClN4O2. The van der Waals surface area contributed by atoms with Crippen LogP contribution in [0.15, 0.2) is 30.5 Å². The molecule has 0 aliphatic rings. The molecule has 2 aromatic rings. The summed E-state index contributed by atoms with van der Waals surface area (Å²) in [6.07, 6.45) is 1.49. The molecule has 0 fully saturated rings. The molecule has 0 aromatic carbocycles. The van der Waals surface area contributed by atoms with Gasteiger partial charge in [0.15, 0.2) is 10.8 Å². The minimum absolute atomic E-state index is 0.176. The van der Waals surface area contributed by atoms with Crippen molar-refractivity contribution in [2.45, 2.75) is 0 Å². The second-order valence-electron chi connectivity index (χ2n) is 3.28. The molecule has 0 bridgehead atoms. The van der Waals surface area contributed by atoms with Gasteiger partial charge in [0, 0.05) is 6.07 Å². The second kappa shape index (κ2) is 5.42. The average molecular weight is 265 g/mol. The highest BCUT2D eigenvalue weighted by Gasteiger charge is 2.08. The van der Waals surface area contributed by atoms with E-state index in [1.165, 1.54) is 25.4 Å². The van der Waals surface area contributed by atoms with Crippen LogP contribution in [0.4, 0.5) is 5.69 Å². The first-order chi connectivity index (χ1) is 8.69. The summed E-state index contributed by atoms with van der Waals surface area (Å²) >= 11 is 5.58. The molecule has 1 N–H and O–H groups in total. The van der Waals surface area contributed by atoms with E-state index in [0.29, 0.717) is 11.6 Å². The number of halogens is 1. The van der Waals surface area contributed by atoms with Gasteiger partial charge in [-0.2, -0.15) is 0 Å². The van der Waals surface area contributed by atoms with Crippen LogP contribution in [0.5, 0.6) is 5.88 Å². The quantitative estimate of drug-likeness (QED) is 0.914. The van der Waals surface area contributed by atoms with Gasteiger partial charge in [-0.3, -0.25) is 4.79 Å². The number of hydrogen-bond donors (Lipinski definition) is 1. The lowest BCUT2D eigenvalue weighted by atomic mass is 10.3. The van der Waals surface area contributed by atoms with Gasteiger partial charge in [-0.25, -0.2) is 4.98 Å². The predicted octanol–water partition coefficient (Wildman–Crippen LogP) is 1.79. The smallest absolute Gasteiger partial charge is 0.276 e. The zero-order valence-electron chi connectivity index (χ0n) is 9.42. The minimum atomic E-state index is -0.383. The fourth-order valence-corrected chi connectivity index (χ4v) is 1.31. The van der Waals surface area contributed by atoms with Crippen LogP contribution in [0.1, 0.15) is 10.5 Å². The number of hydrogen-bond acceptors (Lipinski definition) is 5. The van der Waals surface area contributed by atoms with E-state index in [9.17, 15) is 4.79 Å². The number of aromatic nitrogens is 3. The molecule has 18 heavy (non-hydrogen) atoms. The molecule has 0 unspecified atom stereocenters. The van der Waals surface area contributed by atoms with Crippen LogP contribution in [0, 0.1) is 0 Å². The molecule has 0 saturated heterocycles. The first-order valence-corrected chi connectivity index (χ1v) is 5.37. The predicted molar refractivity (Wildman–Crippen MR) is 65.8 cm³/mol. The fraction of sp³-hybridized carbons (Fsp3) is 0.0909. The fourth-order valence-electron chi connectivity index (χ4n) is 1.21. The van der Waals surface area contributed by atoms with Gasteiger partial charge < -0.3 is 10.1 Å². The zero-order chi connectivity index (χ0) is 13.0. The standard InChI is InChI=1S/C11H9ClN4O2/c1-18-10-5-2-7(6-13-10)14-11(17)8-3-4-9(12)16-15-8/h2-6H,1H3,(H,14,17). The number of nitrogens with zero attached hydrogens (tertiary/aromatic N) is 3. The third-order valence-corrected chi connectivity index (χ3v) is 2.27. The summed E-state index contributed by atoms with van der Waals surface area (Å²) in [7, 11) is 1.52. The van der Waals surface area contributed by atoms with Crippen LogP contribution >= 0.6 is 11.6 Å². The van der Waals surface area contributed by atoms with E-state index >= 15 is 0 Å². The van der Waals surface area contributed by atoms with Gasteiger partial charge in [0.25, 0.3) is 5.91 Å². The first-order valence-electron chi connectivity index (χ1n) is 4.99. The number of methoxy groups -OCH3 is 1. The molecule has 2 heterocycles. The Hall–Kier alpha value is -2.21. The number of pyridine rings is 1. The van der Waals surface area contributed by atoms with Crippen LogP contribution in [0.2, 0.25) is 5.15 Å². The van der Waals surface area contributed by atoms with Crippen molar-refractivity contribution < 1.29 is 9.53 Å². The van der Waals surface area contributed by atoms with E-state index in [1.807, 2.05) is 0 Å². The topological polar surface area (TPSA) is 77.0 Å². The summed E-state index contributed by atoms with van der Waals surface area (Å²) in [4.78, 5) is 15.7. The third kappa shape index (κ3) is 2.92. The van der Waals surface area contributed by atoms with Gasteiger partial charge in [-0.15, -0.1) is 10.2 Å². The Bertz CT molecular complexity index is 542. The summed E-state index contributed by atoms with van der Waals surface area (Å²) in [6, 6.07) is 6.30. The van der Waals surface area contributed by atoms with Crippen molar-refractivity contribution in [3.63, 3.8) is 0 Å². The summed E-state index contributed by atoms with van der Waals surface area (Å²) < 4.78 is 4.91. The first kappa shape index (κ1) is 12.3. The Labute approximate surface area is 108 Å². The van der Waals surface area contributed by atoms with E-state index in [-0.39, 0.29) is 16.8 Å². The van der Waals surface area contributed by atoms with E-state index in [2.05, 4.69) is 20.5 Å². The number of rotatable bonds is 3. The molecule has 0 aliphatic heterocycles. The van der Waals surface area contributed by atoms with Gasteiger partial charge in [-0.05, 0) is 18.2 Å². The molecule has 7 heteroatoms. The molecule has 2 aromatic heterocycles. The van der Waals surface area contributed by atoms with Crippen molar-refractivity contribution in [3.05, 3.63) is 41.3 Å². The molecule has 6 nitrogen and oxygen atoms in total. The number of amides is 1. The average Bonchev–Trinajstić information content (AvgIpc) is 2.40. The lowest BCUT2D eigenvalue weighted by Crippen LogP contribution is -2.14. The number of anilines is 1. The molecule has 0 spiro atoms. The van der Waals surface area contributed by atoms with Crippen molar-refractivity contribution in [3.8, 4) is 5.88 Å². The summed E-state index contributed by atoms with van der Waals surface area (Å²) in [5.74, 6) is 0.0883. The highest BCUT2D eigenvalue weighted by Crippen LogP contribution is 2.12.